The third-order valence-electron chi connectivity index (χ3n) is 3.91. The average molecular weight is 416 g/mol. The lowest BCUT2D eigenvalue weighted by molar-refractivity contribution is -0.120. The summed E-state index contributed by atoms with van der Waals surface area (Å²) < 4.78 is 22.8. The topological polar surface area (TPSA) is 92.5 Å². The lowest BCUT2D eigenvalue weighted by Crippen LogP contribution is -2.39. The van der Waals surface area contributed by atoms with Crippen LogP contribution in [0.1, 0.15) is 12.5 Å². The van der Waals surface area contributed by atoms with Gasteiger partial charge in [0.1, 0.15) is 0 Å². The first-order valence-corrected chi connectivity index (χ1v) is 9.96. The standard InChI is InChI=1S/C17H19Cl2N3O3S/c1-11(22(2)10-12-6-7-13(18)8-16(12)19)17(23)21-14-4-3-5-15(9-14)26(20,24)25/h3-9,11H,10H2,1-2H3,(H,21,23)(H2,20,24,25)/t11-/m0/s1. The summed E-state index contributed by atoms with van der Waals surface area (Å²) in [5.41, 5.74) is 1.20. The number of carbonyl (C=O) groups excluding carboxylic acids is 1. The summed E-state index contributed by atoms with van der Waals surface area (Å²) in [4.78, 5) is 14.2. The first kappa shape index (κ1) is 20.7. The molecule has 9 heteroatoms. The number of halogens is 2. The van der Waals surface area contributed by atoms with E-state index in [1.54, 1.807) is 38.2 Å². The van der Waals surface area contributed by atoms with Crippen molar-refractivity contribution in [3.05, 3.63) is 58.1 Å². The number of amides is 1. The van der Waals surface area contributed by atoms with Crippen LogP contribution in [0.5, 0.6) is 0 Å². The maximum Gasteiger partial charge on any atom is 0.241 e. The maximum absolute atomic E-state index is 12.5. The fourth-order valence-corrected chi connectivity index (χ4v) is 3.28. The van der Waals surface area contributed by atoms with Crippen LogP contribution in [0.3, 0.4) is 0 Å². The second-order valence-electron chi connectivity index (χ2n) is 5.89. The van der Waals surface area contributed by atoms with Crippen LogP contribution in [-0.2, 0) is 21.4 Å². The van der Waals surface area contributed by atoms with E-state index in [-0.39, 0.29) is 10.8 Å². The number of nitrogens with zero attached hydrogens (tertiary/aromatic N) is 1. The second kappa shape index (κ2) is 8.37. The Morgan fingerprint density at radius 3 is 2.54 bits per heavy atom. The minimum Gasteiger partial charge on any atom is -0.325 e. The fraction of sp³-hybridized carbons (Fsp3) is 0.235. The number of rotatable bonds is 6. The van der Waals surface area contributed by atoms with Gasteiger partial charge in [-0.25, -0.2) is 13.6 Å². The van der Waals surface area contributed by atoms with Crippen molar-refractivity contribution in [3.63, 3.8) is 0 Å². The minimum absolute atomic E-state index is 0.0655. The molecule has 0 bridgehead atoms. The van der Waals surface area contributed by atoms with Gasteiger partial charge >= 0.3 is 0 Å². The normalized spacial score (nSPS) is 12.8. The van der Waals surface area contributed by atoms with Gasteiger partial charge in [0.25, 0.3) is 0 Å². The number of anilines is 1. The van der Waals surface area contributed by atoms with Gasteiger partial charge in [-0.15, -0.1) is 0 Å². The highest BCUT2D eigenvalue weighted by molar-refractivity contribution is 7.89. The number of nitrogens with one attached hydrogen (secondary N) is 1. The van der Waals surface area contributed by atoms with Gasteiger partial charge < -0.3 is 5.32 Å². The molecule has 0 aliphatic heterocycles. The van der Waals surface area contributed by atoms with Crippen LogP contribution in [0.25, 0.3) is 0 Å². The molecule has 1 amide bonds. The highest BCUT2D eigenvalue weighted by Crippen LogP contribution is 2.23. The second-order valence-corrected chi connectivity index (χ2v) is 8.29. The van der Waals surface area contributed by atoms with Gasteiger partial charge in [0.2, 0.25) is 15.9 Å². The maximum atomic E-state index is 12.5. The van der Waals surface area contributed by atoms with Gasteiger partial charge in [0.15, 0.2) is 0 Å². The smallest absolute Gasteiger partial charge is 0.241 e. The van der Waals surface area contributed by atoms with Crippen LogP contribution in [0, 0.1) is 0 Å². The molecule has 2 rings (SSSR count). The van der Waals surface area contributed by atoms with Crippen molar-refractivity contribution < 1.29 is 13.2 Å². The van der Waals surface area contributed by atoms with E-state index in [0.717, 1.165) is 5.56 Å². The molecule has 2 aromatic rings. The van der Waals surface area contributed by atoms with E-state index < -0.39 is 16.1 Å². The summed E-state index contributed by atoms with van der Waals surface area (Å²) in [6.45, 7) is 2.19. The van der Waals surface area contributed by atoms with Crippen molar-refractivity contribution in [1.29, 1.82) is 0 Å². The van der Waals surface area contributed by atoms with Gasteiger partial charge in [-0.05, 0) is 49.9 Å². The SMILES string of the molecule is C[C@@H](C(=O)Nc1cccc(S(N)(=O)=O)c1)N(C)Cc1ccc(Cl)cc1Cl. The number of benzene rings is 2. The van der Waals surface area contributed by atoms with Crippen LogP contribution in [-0.4, -0.2) is 32.3 Å². The molecule has 0 unspecified atom stereocenters. The third-order valence-corrected chi connectivity index (χ3v) is 5.40. The highest BCUT2D eigenvalue weighted by Gasteiger charge is 2.20. The minimum atomic E-state index is -3.83. The predicted octanol–water partition coefficient (Wildman–Crippen LogP) is 3.10. The lowest BCUT2D eigenvalue weighted by Gasteiger charge is -2.24. The molecule has 0 aliphatic carbocycles. The molecule has 0 heterocycles. The molecule has 0 saturated heterocycles. The van der Waals surface area contributed by atoms with Crippen LogP contribution in [0.4, 0.5) is 5.69 Å². The number of likely N-dealkylation sites (N-methyl/N-ethyl adjacent to an activating group) is 1. The largest absolute Gasteiger partial charge is 0.325 e. The van der Waals surface area contributed by atoms with Gasteiger partial charge in [-0.2, -0.15) is 0 Å². The highest BCUT2D eigenvalue weighted by atomic mass is 35.5. The Morgan fingerprint density at radius 1 is 1.23 bits per heavy atom. The zero-order chi connectivity index (χ0) is 19.5. The van der Waals surface area contributed by atoms with E-state index in [4.69, 9.17) is 28.3 Å². The molecule has 1 atom stereocenters. The molecule has 6 nitrogen and oxygen atoms in total. The molecule has 0 spiro atoms. The van der Waals surface area contributed by atoms with Gasteiger partial charge in [0.05, 0.1) is 10.9 Å². The number of hydrogen-bond donors (Lipinski definition) is 2. The zero-order valence-corrected chi connectivity index (χ0v) is 16.6. The zero-order valence-electron chi connectivity index (χ0n) is 14.2. The van der Waals surface area contributed by atoms with Crippen LogP contribution in [0.15, 0.2) is 47.4 Å². The number of nitrogens with two attached hydrogens (primary N) is 1. The van der Waals surface area contributed by atoms with E-state index in [1.807, 2.05) is 4.90 Å². The molecule has 0 aliphatic rings. The Morgan fingerprint density at radius 2 is 1.92 bits per heavy atom. The number of sulfonamides is 1. The van der Waals surface area contributed by atoms with Gasteiger partial charge in [0, 0.05) is 22.3 Å². The van der Waals surface area contributed by atoms with Crippen molar-refractivity contribution in [1.82, 2.24) is 4.90 Å². The summed E-state index contributed by atoms with van der Waals surface area (Å²) >= 11 is 12.1. The van der Waals surface area contributed by atoms with E-state index in [0.29, 0.717) is 22.3 Å². The average Bonchev–Trinajstić information content (AvgIpc) is 2.56. The van der Waals surface area contributed by atoms with E-state index in [2.05, 4.69) is 5.32 Å². The van der Waals surface area contributed by atoms with Crippen LogP contribution in [0.2, 0.25) is 10.0 Å². The molecule has 26 heavy (non-hydrogen) atoms. The van der Waals surface area contributed by atoms with Gasteiger partial charge in [-0.3, -0.25) is 9.69 Å². The van der Waals surface area contributed by atoms with E-state index in [9.17, 15) is 13.2 Å². The Kier molecular flexibility index (Phi) is 6.65. The quantitative estimate of drug-likeness (QED) is 0.757. The molecule has 140 valence electrons. The van der Waals surface area contributed by atoms with Crippen molar-refractivity contribution in [2.45, 2.75) is 24.4 Å². The summed E-state index contributed by atoms with van der Waals surface area (Å²) in [5, 5.41) is 8.86. The number of carbonyl (C=O) groups is 1. The van der Waals surface area contributed by atoms with Gasteiger partial charge in [-0.1, -0.05) is 35.3 Å². The summed E-state index contributed by atoms with van der Waals surface area (Å²) in [6, 6.07) is 10.5. The monoisotopic (exact) mass is 415 g/mol. The molecule has 0 radical (unpaired) electrons. The van der Waals surface area contributed by atoms with Crippen LogP contribution >= 0.6 is 23.2 Å². The molecular weight excluding hydrogens is 397 g/mol. The van der Waals surface area contributed by atoms with Crippen molar-refractivity contribution in [3.8, 4) is 0 Å². The van der Waals surface area contributed by atoms with Crippen molar-refractivity contribution in [2.75, 3.05) is 12.4 Å². The van der Waals surface area contributed by atoms with Crippen molar-refractivity contribution in [2.24, 2.45) is 5.14 Å². The Hall–Kier alpha value is -1.64. The molecule has 3 N–H and O–H groups in total. The van der Waals surface area contributed by atoms with Crippen LogP contribution < -0.4 is 10.5 Å². The summed E-state index contributed by atoms with van der Waals surface area (Å²) in [5.74, 6) is -0.288. The third kappa shape index (κ3) is 5.43. The fourth-order valence-electron chi connectivity index (χ4n) is 2.25. The molecule has 0 fully saturated rings. The Bertz CT molecular complexity index is 919. The molecule has 0 aromatic heterocycles. The molecular formula is C17H19Cl2N3O3S. The predicted molar refractivity (Wildman–Crippen MR) is 104 cm³/mol. The van der Waals surface area contributed by atoms with E-state index in [1.165, 1.54) is 18.2 Å². The summed E-state index contributed by atoms with van der Waals surface area (Å²) in [7, 11) is -2.05. The molecule has 0 saturated carbocycles. The number of hydrogen-bond acceptors (Lipinski definition) is 4. The number of primary sulfonamides is 1. The van der Waals surface area contributed by atoms with E-state index >= 15 is 0 Å². The van der Waals surface area contributed by atoms with Crippen molar-refractivity contribution >= 4 is 44.8 Å². The Labute approximate surface area is 162 Å². The Balaban J connectivity index is 2.07. The molecule has 2 aromatic carbocycles. The first-order chi connectivity index (χ1) is 12.1. The first-order valence-electron chi connectivity index (χ1n) is 7.66. The lowest BCUT2D eigenvalue weighted by atomic mass is 10.2. The summed E-state index contributed by atoms with van der Waals surface area (Å²) in [6.07, 6.45) is 0.